The third-order valence-electron chi connectivity index (χ3n) is 5.28. The summed E-state index contributed by atoms with van der Waals surface area (Å²) in [5.74, 6) is -0.788. The second kappa shape index (κ2) is 8.67. The molecule has 0 spiro atoms. The Labute approximate surface area is 181 Å². The van der Waals surface area contributed by atoms with Crippen LogP contribution in [0.4, 0.5) is 5.13 Å². The number of H-pyrrole nitrogens is 1. The molecule has 3 aromatic rings. The molecule has 0 radical (unpaired) electrons. The van der Waals surface area contributed by atoms with Crippen molar-refractivity contribution in [3.05, 3.63) is 46.0 Å². The van der Waals surface area contributed by atoms with Crippen LogP contribution in [0.5, 0.6) is 0 Å². The molecule has 6 nitrogen and oxygen atoms in total. The normalized spacial score (nSPS) is 15.9. The van der Waals surface area contributed by atoms with Crippen molar-refractivity contribution in [3.8, 4) is 0 Å². The van der Waals surface area contributed by atoms with Crippen LogP contribution in [0, 0.1) is 0 Å². The lowest BCUT2D eigenvalue weighted by atomic mass is 9.94. The number of esters is 1. The van der Waals surface area contributed by atoms with Gasteiger partial charge >= 0.3 is 5.97 Å². The second-order valence-electron chi connectivity index (χ2n) is 7.22. The van der Waals surface area contributed by atoms with Gasteiger partial charge in [-0.1, -0.05) is 37.5 Å². The average Bonchev–Trinajstić information content (AvgIpc) is 3.38. The summed E-state index contributed by atoms with van der Waals surface area (Å²) in [6, 6.07) is 7.69. The third kappa shape index (κ3) is 4.09. The van der Waals surface area contributed by atoms with Gasteiger partial charge in [0.25, 0.3) is 5.91 Å². The van der Waals surface area contributed by atoms with Crippen molar-refractivity contribution < 1.29 is 14.3 Å². The molecule has 152 valence electrons. The number of thiazole rings is 1. The second-order valence-corrected chi connectivity index (χ2v) is 8.89. The van der Waals surface area contributed by atoms with E-state index in [2.05, 4.69) is 25.9 Å². The fourth-order valence-corrected chi connectivity index (χ4v) is 5.14. The Kier molecular flexibility index (Phi) is 6.01. The van der Waals surface area contributed by atoms with Crippen LogP contribution in [0.3, 0.4) is 0 Å². The number of hydrogen-bond donors (Lipinski definition) is 1. The zero-order chi connectivity index (χ0) is 20.4. The number of amides is 1. The molecule has 1 saturated carbocycles. The molecule has 1 aromatic carbocycles. The minimum absolute atomic E-state index is 0.100. The van der Waals surface area contributed by atoms with E-state index in [1.807, 2.05) is 29.6 Å². The molecule has 4 rings (SSSR count). The molecule has 2 heterocycles. The Bertz CT molecular complexity index is 1010. The lowest BCUT2D eigenvalue weighted by Crippen LogP contribution is -2.47. The van der Waals surface area contributed by atoms with Crippen molar-refractivity contribution in [1.82, 2.24) is 9.97 Å². The third-order valence-corrected chi connectivity index (χ3v) is 6.88. The van der Waals surface area contributed by atoms with E-state index < -0.39 is 12.1 Å². The van der Waals surface area contributed by atoms with E-state index in [9.17, 15) is 9.59 Å². The number of nitrogens with zero attached hydrogens (tertiary/aromatic N) is 2. The molecular weight excluding hydrogens is 454 g/mol. The van der Waals surface area contributed by atoms with Crippen molar-refractivity contribution in [2.45, 2.75) is 51.2 Å². The van der Waals surface area contributed by atoms with E-state index in [4.69, 9.17) is 4.74 Å². The van der Waals surface area contributed by atoms with E-state index in [1.165, 1.54) is 17.8 Å². The van der Waals surface area contributed by atoms with E-state index in [0.717, 1.165) is 36.6 Å². The number of anilines is 1. The van der Waals surface area contributed by atoms with Crippen LogP contribution in [-0.4, -0.2) is 34.0 Å². The number of benzene rings is 1. The summed E-state index contributed by atoms with van der Waals surface area (Å²) in [4.78, 5) is 35.2. The van der Waals surface area contributed by atoms with Crippen LogP contribution in [0.1, 0.15) is 49.5 Å². The average molecular weight is 476 g/mol. The van der Waals surface area contributed by atoms with Crippen molar-refractivity contribution in [2.75, 3.05) is 4.90 Å². The molecule has 29 heavy (non-hydrogen) atoms. The summed E-state index contributed by atoms with van der Waals surface area (Å²) >= 11 is 4.90. The van der Waals surface area contributed by atoms with E-state index in [-0.39, 0.29) is 11.9 Å². The van der Waals surface area contributed by atoms with Gasteiger partial charge in [-0.3, -0.25) is 9.69 Å². The zero-order valence-electron chi connectivity index (χ0n) is 16.1. The van der Waals surface area contributed by atoms with E-state index >= 15 is 0 Å². The lowest BCUT2D eigenvalue weighted by molar-refractivity contribution is -0.127. The molecule has 8 heteroatoms. The maximum Gasteiger partial charge on any atom is 0.356 e. The fourth-order valence-electron chi connectivity index (χ4n) is 3.82. The van der Waals surface area contributed by atoms with Crippen LogP contribution in [-0.2, 0) is 9.53 Å². The Morgan fingerprint density at radius 2 is 2.03 bits per heavy atom. The van der Waals surface area contributed by atoms with Gasteiger partial charge in [0.05, 0.1) is 4.47 Å². The van der Waals surface area contributed by atoms with Crippen molar-refractivity contribution in [1.29, 1.82) is 0 Å². The van der Waals surface area contributed by atoms with E-state index in [0.29, 0.717) is 15.3 Å². The maximum atomic E-state index is 13.3. The van der Waals surface area contributed by atoms with Gasteiger partial charge in [0, 0.05) is 28.5 Å². The number of carbonyl (C=O) groups excluding carboxylic acids is 2. The molecule has 1 N–H and O–H groups in total. The van der Waals surface area contributed by atoms with E-state index in [1.54, 1.807) is 18.0 Å². The first-order valence-corrected chi connectivity index (χ1v) is 11.4. The Morgan fingerprint density at radius 1 is 1.28 bits per heavy atom. The highest BCUT2D eigenvalue weighted by molar-refractivity contribution is 9.10. The number of fused-ring (bicyclic) bond motifs is 1. The number of carbonyl (C=O) groups is 2. The minimum atomic E-state index is -0.911. The van der Waals surface area contributed by atoms with Crippen molar-refractivity contribution in [2.24, 2.45) is 0 Å². The van der Waals surface area contributed by atoms with Crippen LogP contribution >= 0.6 is 27.3 Å². The summed E-state index contributed by atoms with van der Waals surface area (Å²) in [7, 11) is 0. The van der Waals surface area contributed by atoms with Gasteiger partial charge in [-0.25, -0.2) is 9.78 Å². The summed E-state index contributed by atoms with van der Waals surface area (Å²) in [6.07, 6.45) is 6.05. The summed E-state index contributed by atoms with van der Waals surface area (Å²) < 4.78 is 6.20. The van der Waals surface area contributed by atoms with Gasteiger partial charge in [0.15, 0.2) is 11.2 Å². The molecule has 1 unspecified atom stereocenters. The molecule has 0 saturated heterocycles. The van der Waals surface area contributed by atoms with Crippen LogP contribution in [0.25, 0.3) is 10.9 Å². The number of rotatable bonds is 5. The molecule has 0 aliphatic heterocycles. The highest BCUT2D eigenvalue weighted by atomic mass is 79.9. The maximum absolute atomic E-state index is 13.3. The highest BCUT2D eigenvalue weighted by Gasteiger charge is 2.33. The predicted octanol–water partition coefficient (Wildman–Crippen LogP) is 5.30. The van der Waals surface area contributed by atoms with Crippen LogP contribution in [0.15, 0.2) is 40.3 Å². The van der Waals surface area contributed by atoms with Gasteiger partial charge < -0.3 is 9.72 Å². The number of nitrogens with one attached hydrogen (secondary N) is 1. The summed E-state index contributed by atoms with van der Waals surface area (Å²) in [5.41, 5.74) is 1.14. The zero-order valence-corrected chi connectivity index (χ0v) is 18.5. The molecule has 2 aromatic heterocycles. The van der Waals surface area contributed by atoms with Crippen molar-refractivity contribution in [3.63, 3.8) is 0 Å². The molecule has 1 fully saturated rings. The number of aromatic amines is 1. The number of hydrogen-bond acceptors (Lipinski definition) is 5. The van der Waals surface area contributed by atoms with Crippen LogP contribution in [0.2, 0.25) is 0 Å². The standard InChI is InChI=1S/C21H22BrN3O3S/c1-13(28-20(27)18-17(22)15-9-5-6-10-16(15)24-18)19(26)25(21-23-11-12-29-21)14-7-3-2-4-8-14/h5-6,9-14,24H,2-4,7-8H2,1H3. The summed E-state index contributed by atoms with van der Waals surface area (Å²) in [5, 5.41) is 3.41. The topological polar surface area (TPSA) is 75.3 Å². The summed E-state index contributed by atoms with van der Waals surface area (Å²) in [6.45, 7) is 1.63. The number of para-hydroxylation sites is 1. The molecule has 1 atom stereocenters. The predicted molar refractivity (Wildman–Crippen MR) is 117 cm³/mol. The minimum Gasteiger partial charge on any atom is -0.448 e. The Hall–Kier alpha value is -2.19. The first kappa shape index (κ1) is 20.1. The quantitative estimate of drug-likeness (QED) is 0.508. The largest absolute Gasteiger partial charge is 0.448 e. The number of ether oxygens (including phenoxy) is 1. The van der Waals surface area contributed by atoms with Gasteiger partial charge in [0.2, 0.25) is 0 Å². The Morgan fingerprint density at radius 3 is 2.72 bits per heavy atom. The molecular formula is C21H22BrN3O3S. The molecule has 1 aliphatic carbocycles. The number of aromatic nitrogens is 2. The molecule has 0 bridgehead atoms. The smallest absolute Gasteiger partial charge is 0.356 e. The first-order chi connectivity index (χ1) is 14.1. The van der Waals surface area contributed by atoms with Crippen LogP contribution < -0.4 is 4.90 Å². The van der Waals surface area contributed by atoms with Gasteiger partial charge in [-0.2, -0.15) is 0 Å². The van der Waals surface area contributed by atoms with Gasteiger partial charge in [0.1, 0.15) is 5.69 Å². The fraction of sp³-hybridized carbons (Fsp3) is 0.381. The monoisotopic (exact) mass is 475 g/mol. The van der Waals surface area contributed by atoms with Gasteiger partial charge in [-0.15, -0.1) is 11.3 Å². The SMILES string of the molecule is CC(OC(=O)c1[nH]c2ccccc2c1Br)C(=O)N(c1nccs1)C1CCCCC1. The first-order valence-electron chi connectivity index (χ1n) is 9.76. The number of halogens is 1. The highest BCUT2D eigenvalue weighted by Crippen LogP contribution is 2.31. The Balaban J connectivity index is 1.53. The van der Waals surface area contributed by atoms with Gasteiger partial charge in [-0.05, 0) is 41.8 Å². The molecule has 1 aliphatic rings. The molecule has 1 amide bonds. The van der Waals surface area contributed by atoms with Crippen molar-refractivity contribution >= 4 is 55.2 Å². The lowest BCUT2D eigenvalue weighted by Gasteiger charge is -2.33.